The van der Waals surface area contributed by atoms with Crippen LogP contribution in [0.2, 0.25) is 0 Å². The molecular formula is C21H22N2O3. The number of aromatic nitrogens is 1. The Balaban J connectivity index is 1.55. The molecule has 0 atom stereocenters. The molecule has 0 saturated heterocycles. The monoisotopic (exact) mass is 350 g/mol. The van der Waals surface area contributed by atoms with E-state index < -0.39 is 0 Å². The zero-order valence-electron chi connectivity index (χ0n) is 14.9. The van der Waals surface area contributed by atoms with Crippen LogP contribution in [0.5, 0.6) is 11.5 Å². The van der Waals surface area contributed by atoms with Crippen molar-refractivity contribution in [3.8, 4) is 11.5 Å². The predicted octanol–water partition coefficient (Wildman–Crippen LogP) is 3.49. The average molecular weight is 350 g/mol. The number of fused-ring (bicyclic) bond motifs is 1. The second-order valence-corrected chi connectivity index (χ2v) is 5.81. The van der Waals surface area contributed by atoms with E-state index in [1.165, 1.54) is 17.0 Å². The van der Waals surface area contributed by atoms with Crippen LogP contribution in [0.3, 0.4) is 0 Å². The molecule has 0 fully saturated rings. The van der Waals surface area contributed by atoms with Crippen LogP contribution < -0.4 is 14.8 Å². The van der Waals surface area contributed by atoms with Gasteiger partial charge in [-0.1, -0.05) is 24.3 Å². The van der Waals surface area contributed by atoms with Crippen molar-refractivity contribution >= 4 is 22.9 Å². The van der Waals surface area contributed by atoms with Crippen LogP contribution in [0.1, 0.15) is 5.56 Å². The molecule has 3 aromatic rings. The van der Waals surface area contributed by atoms with Gasteiger partial charge in [-0.15, -0.1) is 0 Å². The summed E-state index contributed by atoms with van der Waals surface area (Å²) in [6.45, 7) is 1.29. The zero-order chi connectivity index (χ0) is 18.4. The molecule has 0 aliphatic carbocycles. The molecule has 0 aliphatic rings. The van der Waals surface area contributed by atoms with Gasteiger partial charge in [0.15, 0.2) is 11.5 Å². The fourth-order valence-electron chi connectivity index (χ4n) is 2.82. The molecule has 2 aromatic carbocycles. The summed E-state index contributed by atoms with van der Waals surface area (Å²) in [6.07, 6.45) is 5.31. The fraction of sp³-hybridized carbons (Fsp3) is 0.190. The topological polar surface area (TPSA) is 52.5 Å². The van der Waals surface area contributed by atoms with Gasteiger partial charge in [-0.3, -0.25) is 4.79 Å². The lowest BCUT2D eigenvalue weighted by atomic mass is 10.2. The van der Waals surface area contributed by atoms with Crippen LogP contribution in [-0.2, 0) is 11.3 Å². The van der Waals surface area contributed by atoms with Crippen molar-refractivity contribution in [3.63, 3.8) is 0 Å². The molecule has 1 aromatic heterocycles. The number of benzene rings is 2. The minimum absolute atomic E-state index is 0.128. The van der Waals surface area contributed by atoms with Crippen molar-refractivity contribution in [1.82, 2.24) is 9.88 Å². The van der Waals surface area contributed by atoms with E-state index in [-0.39, 0.29) is 5.91 Å². The third-order valence-corrected chi connectivity index (χ3v) is 4.17. The van der Waals surface area contributed by atoms with Crippen LogP contribution in [-0.4, -0.2) is 31.2 Å². The van der Waals surface area contributed by atoms with Gasteiger partial charge in [-0.2, -0.15) is 0 Å². The Morgan fingerprint density at radius 2 is 1.88 bits per heavy atom. The van der Waals surface area contributed by atoms with E-state index in [1.807, 2.05) is 36.5 Å². The minimum Gasteiger partial charge on any atom is -0.493 e. The number of para-hydroxylation sites is 1. The molecule has 3 rings (SSSR count). The lowest BCUT2D eigenvalue weighted by Crippen LogP contribution is -2.25. The first-order chi connectivity index (χ1) is 12.7. The second-order valence-electron chi connectivity index (χ2n) is 5.81. The van der Waals surface area contributed by atoms with Crippen molar-refractivity contribution < 1.29 is 14.3 Å². The van der Waals surface area contributed by atoms with Crippen molar-refractivity contribution in [2.75, 3.05) is 20.8 Å². The third-order valence-electron chi connectivity index (χ3n) is 4.17. The summed E-state index contributed by atoms with van der Waals surface area (Å²) in [6, 6.07) is 15.8. The molecule has 0 aliphatic heterocycles. The average Bonchev–Trinajstić information content (AvgIpc) is 3.09. The van der Waals surface area contributed by atoms with Crippen molar-refractivity contribution in [1.29, 1.82) is 0 Å². The summed E-state index contributed by atoms with van der Waals surface area (Å²) in [7, 11) is 3.18. The lowest BCUT2D eigenvalue weighted by Gasteiger charge is -2.08. The Morgan fingerprint density at radius 1 is 1.08 bits per heavy atom. The van der Waals surface area contributed by atoms with Crippen LogP contribution in [0, 0.1) is 0 Å². The number of nitrogens with one attached hydrogen (secondary N) is 1. The van der Waals surface area contributed by atoms with Gasteiger partial charge in [-0.05, 0) is 41.3 Å². The van der Waals surface area contributed by atoms with Gasteiger partial charge in [0.2, 0.25) is 5.91 Å². The standard InChI is InChI=1S/C21H22N2O3/c1-25-19-9-7-16(15-20(19)26-2)8-10-21(24)22-12-14-23-13-11-17-5-3-4-6-18(17)23/h3-11,13,15H,12,14H2,1-2H3,(H,22,24)/b10-8+. The summed E-state index contributed by atoms with van der Waals surface area (Å²) in [5.41, 5.74) is 2.04. The van der Waals surface area contributed by atoms with Gasteiger partial charge in [-0.25, -0.2) is 0 Å². The van der Waals surface area contributed by atoms with Crippen molar-refractivity contribution in [3.05, 3.63) is 66.4 Å². The highest BCUT2D eigenvalue weighted by Gasteiger charge is 2.04. The lowest BCUT2D eigenvalue weighted by molar-refractivity contribution is -0.116. The van der Waals surface area contributed by atoms with Crippen LogP contribution in [0.4, 0.5) is 0 Å². The summed E-state index contributed by atoms with van der Waals surface area (Å²) >= 11 is 0. The maximum absolute atomic E-state index is 12.0. The SMILES string of the molecule is COc1ccc(/C=C/C(=O)NCCn2ccc3ccccc32)cc1OC. The van der Waals surface area contributed by atoms with Gasteiger partial charge in [0, 0.05) is 30.9 Å². The second kappa shape index (κ2) is 8.25. The fourth-order valence-corrected chi connectivity index (χ4v) is 2.82. The first kappa shape index (κ1) is 17.6. The van der Waals surface area contributed by atoms with Crippen molar-refractivity contribution in [2.24, 2.45) is 0 Å². The van der Waals surface area contributed by atoms with E-state index in [1.54, 1.807) is 20.3 Å². The Morgan fingerprint density at radius 3 is 2.69 bits per heavy atom. The minimum atomic E-state index is -0.128. The number of nitrogens with zero attached hydrogens (tertiary/aromatic N) is 1. The molecular weight excluding hydrogens is 328 g/mol. The smallest absolute Gasteiger partial charge is 0.244 e. The number of rotatable bonds is 7. The Hall–Kier alpha value is -3.21. The zero-order valence-corrected chi connectivity index (χ0v) is 14.9. The first-order valence-electron chi connectivity index (χ1n) is 8.43. The molecule has 5 heteroatoms. The number of ether oxygens (including phenoxy) is 2. The van der Waals surface area contributed by atoms with E-state index in [0.29, 0.717) is 18.0 Å². The maximum Gasteiger partial charge on any atom is 0.244 e. The molecule has 5 nitrogen and oxygen atoms in total. The number of hydrogen-bond donors (Lipinski definition) is 1. The number of amides is 1. The number of carbonyl (C=O) groups is 1. The predicted molar refractivity (Wildman–Crippen MR) is 104 cm³/mol. The highest BCUT2D eigenvalue weighted by molar-refractivity contribution is 5.91. The van der Waals surface area contributed by atoms with E-state index >= 15 is 0 Å². The van der Waals surface area contributed by atoms with Gasteiger partial charge in [0.05, 0.1) is 14.2 Å². The number of hydrogen-bond acceptors (Lipinski definition) is 3. The normalized spacial score (nSPS) is 11.0. The molecule has 1 N–H and O–H groups in total. The molecule has 0 unspecified atom stereocenters. The summed E-state index contributed by atoms with van der Waals surface area (Å²) in [5.74, 6) is 1.17. The Bertz CT molecular complexity index is 928. The maximum atomic E-state index is 12.0. The Kier molecular flexibility index (Phi) is 5.59. The number of methoxy groups -OCH3 is 2. The summed E-state index contributed by atoms with van der Waals surface area (Å²) < 4.78 is 12.6. The van der Waals surface area contributed by atoms with Crippen molar-refractivity contribution in [2.45, 2.75) is 6.54 Å². The highest BCUT2D eigenvalue weighted by atomic mass is 16.5. The number of carbonyl (C=O) groups excluding carboxylic acids is 1. The van der Waals surface area contributed by atoms with Crippen LogP contribution in [0.15, 0.2) is 60.8 Å². The van der Waals surface area contributed by atoms with Gasteiger partial charge in [0.1, 0.15) is 0 Å². The van der Waals surface area contributed by atoms with E-state index in [9.17, 15) is 4.79 Å². The van der Waals surface area contributed by atoms with Gasteiger partial charge in [0.25, 0.3) is 0 Å². The van der Waals surface area contributed by atoms with Gasteiger partial charge < -0.3 is 19.4 Å². The molecule has 1 amide bonds. The molecule has 0 spiro atoms. The molecule has 26 heavy (non-hydrogen) atoms. The molecule has 0 radical (unpaired) electrons. The summed E-state index contributed by atoms with van der Waals surface area (Å²) in [4.78, 5) is 12.0. The third kappa shape index (κ3) is 4.06. The molecule has 0 bridgehead atoms. The molecule has 134 valence electrons. The Labute approximate surface area is 152 Å². The van der Waals surface area contributed by atoms with E-state index in [2.05, 4.69) is 28.1 Å². The van der Waals surface area contributed by atoms with Crippen LogP contribution in [0.25, 0.3) is 17.0 Å². The first-order valence-corrected chi connectivity index (χ1v) is 8.43. The van der Waals surface area contributed by atoms with E-state index in [0.717, 1.165) is 12.1 Å². The molecule has 0 saturated carbocycles. The van der Waals surface area contributed by atoms with E-state index in [4.69, 9.17) is 9.47 Å². The summed E-state index contributed by atoms with van der Waals surface area (Å²) in [5, 5.41) is 4.11. The van der Waals surface area contributed by atoms with Gasteiger partial charge >= 0.3 is 0 Å². The molecule has 1 heterocycles. The quantitative estimate of drug-likeness (QED) is 0.664. The van der Waals surface area contributed by atoms with Crippen LogP contribution >= 0.6 is 0 Å². The largest absolute Gasteiger partial charge is 0.493 e. The highest BCUT2D eigenvalue weighted by Crippen LogP contribution is 2.27.